The van der Waals surface area contributed by atoms with Crippen LogP contribution in [0.5, 0.6) is 0 Å². The van der Waals surface area contributed by atoms with Gasteiger partial charge in [0.05, 0.1) is 6.04 Å². The number of hydrogen-bond donors (Lipinski definition) is 4. The summed E-state index contributed by atoms with van der Waals surface area (Å²) in [5.41, 5.74) is 5.39. The first kappa shape index (κ1) is 22.1. The zero-order valence-corrected chi connectivity index (χ0v) is 14.9. The lowest BCUT2D eigenvalue weighted by atomic mass is 10.2. The van der Waals surface area contributed by atoms with Crippen molar-refractivity contribution in [1.82, 2.24) is 16.0 Å². The van der Waals surface area contributed by atoms with Crippen LogP contribution in [0.2, 0.25) is 0 Å². The van der Waals surface area contributed by atoms with Crippen LogP contribution in [-0.4, -0.2) is 42.4 Å². The van der Waals surface area contributed by atoms with E-state index in [9.17, 15) is 14.4 Å². The quantitative estimate of drug-likeness (QED) is 0.494. The van der Waals surface area contributed by atoms with Gasteiger partial charge >= 0.3 is 0 Å². The number of hydrogen-bond acceptors (Lipinski definition) is 4. The lowest BCUT2D eigenvalue weighted by Crippen LogP contribution is -2.53. The summed E-state index contributed by atoms with van der Waals surface area (Å²) in [5, 5.41) is 7.73. The highest BCUT2D eigenvalue weighted by Gasteiger charge is 2.21. The highest BCUT2D eigenvalue weighted by molar-refractivity contribution is 8.93. The van der Waals surface area contributed by atoms with Crippen molar-refractivity contribution in [3.63, 3.8) is 0 Å². The molecule has 0 rings (SSSR count). The van der Waals surface area contributed by atoms with Crippen molar-refractivity contribution >= 4 is 34.7 Å². The Balaban J connectivity index is 0. The van der Waals surface area contributed by atoms with E-state index in [1.165, 1.54) is 13.8 Å². The molecule has 21 heavy (non-hydrogen) atoms. The topological polar surface area (TPSA) is 113 Å². The fourth-order valence-corrected chi connectivity index (χ4v) is 1.27. The summed E-state index contributed by atoms with van der Waals surface area (Å²) < 4.78 is 0. The van der Waals surface area contributed by atoms with Crippen molar-refractivity contribution < 1.29 is 14.4 Å². The van der Waals surface area contributed by atoms with Gasteiger partial charge in [0, 0.05) is 6.54 Å². The Labute approximate surface area is 136 Å². The first-order chi connectivity index (χ1) is 9.15. The van der Waals surface area contributed by atoms with Crippen LogP contribution in [0, 0.1) is 5.92 Å². The number of carbonyl (C=O) groups is 3. The van der Waals surface area contributed by atoms with Gasteiger partial charge < -0.3 is 21.7 Å². The number of halogens is 1. The predicted molar refractivity (Wildman–Crippen MR) is 87.0 cm³/mol. The van der Waals surface area contributed by atoms with Crippen LogP contribution in [0.15, 0.2) is 0 Å². The molecule has 0 unspecified atom stereocenters. The molecule has 0 aromatic carbocycles. The van der Waals surface area contributed by atoms with E-state index >= 15 is 0 Å². The van der Waals surface area contributed by atoms with E-state index < -0.39 is 29.9 Å². The molecule has 0 aliphatic carbocycles. The van der Waals surface area contributed by atoms with Crippen molar-refractivity contribution in [3.05, 3.63) is 0 Å². The zero-order chi connectivity index (χ0) is 15.9. The smallest absolute Gasteiger partial charge is 0.242 e. The average Bonchev–Trinajstić information content (AvgIpc) is 2.35. The van der Waals surface area contributed by atoms with Gasteiger partial charge in [-0.2, -0.15) is 0 Å². The minimum absolute atomic E-state index is 0. The number of rotatable bonds is 7. The molecule has 124 valence electrons. The normalized spacial score (nSPS) is 14.4. The van der Waals surface area contributed by atoms with Crippen molar-refractivity contribution in [1.29, 1.82) is 0 Å². The van der Waals surface area contributed by atoms with Gasteiger partial charge in [-0.1, -0.05) is 13.8 Å². The maximum absolute atomic E-state index is 11.8. The minimum Gasteiger partial charge on any atom is -0.354 e. The van der Waals surface area contributed by atoms with Crippen LogP contribution in [0.1, 0.15) is 34.6 Å². The molecule has 8 heteroatoms. The molecular formula is C13H27BrN4O3. The monoisotopic (exact) mass is 366 g/mol. The Bertz CT molecular complexity index is 361. The molecule has 0 bridgehead atoms. The van der Waals surface area contributed by atoms with Crippen LogP contribution in [0.4, 0.5) is 0 Å². The van der Waals surface area contributed by atoms with Crippen molar-refractivity contribution in [3.8, 4) is 0 Å². The number of carbonyl (C=O) groups excluding carboxylic acids is 3. The first-order valence-corrected chi connectivity index (χ1v) is 6.79. The molecule has 3 amide bonds. The van der Waals surface area contributed by atoms with Crippen molar-refractivity contribution in [2.45, 2.75) is 52.7 Å². The number of amides is 3. The third-order valence-electron chi connectivity index (χ3n) is 2.60. The molecule has 0 aromatic rings. The van der Waals surface area contributed by atoms with Crippen LogP contribution in [-0.2, 0) is 14.4 Å². The molecule has 0 spiro atoms. The van der Waals surface area contributed by atoms with Gasteiger partial charge in [-0.15, -0.1) is 17.0 Å². The van der Waals surface area contributed by atoms with Gasteiger partial charge in [0.1, 0.15) is 12.1 Å². The summed E-state index contributed by atoms with van der Waals surface area (Å²) >= 11 is 0. The molecule has 0 saturated heterocycles. The van der Waals surface area contributed by atoms with E-state index in [1.54, 1.807) is 6.92 Å². The molecule has 0 aliphatic heterocycles. The van der Waals surface area contributed by atoms with Crippen LogP contribution < -0.4 is 21.7 Å². The second kappa shape index (κ2) is 10.6. The van der Waals surface area contributed by atoms with Crippen molar-refractivity contribution in [2.75, 3.05) is 6.54 Å². The molecule has 5 N–H and O–H groups in total. The fraction of sp³-hybridized carbons (Fsp3) is 0.769. The van der Waals surface area contributed by atoms with E-state index in [-0.39, 0.29) is 22.9 Å². The molecule has 0 saturated carbocycles. The molecule has 7 nitrogen and oxygen atoms in total. The number of nitrogens with two attached hydrogens (primary N) is 1. The van der Waals surface area contributed by atoms with Crippen LogP contribution in [0.3, 0.4) is 0 Å². The molecule has 3 atom stereocenters. The fourth-order valence-electron chi connectivity index (χ4n) is 1.27. The summed E-state index contributed by atoms with van der Waals surface area (Å²) in [6, 6.07) is -2.08. The molecular weight excluding hydrogens is 340 g/mol. The summed E-state index contributed by atoms with van der Waals surface area (Å²) in [6.45, 7) is 9.17. The lowest BCUT2D eigenvalue weighted by molar-refractivity contribution is -0.131. The molecule has 0 radical (unpaired) electrons. The molecule has 0 aromatic heterocycles. The maximum atomic E-state index is 11.8. The van der Waals surface area contributed by atoms with E-state index in [4.69, 9.17) is 5.73 Å². The largest absolute Gasteiger partial charge is 0.354 e. The third-order valence-corrected chi connectivity index (χ3v) is 2.60. The Morgan fingerprint density at radius 1 is 0.857 bits per heavy atom. The Morgan fingerprint density at radius 2 is 1.29 bits per heavy atom. The molecule has 0 heterocycles. The minimum atomic E-state index is -0.742. The zero-order valence-electron chi connectivity index (χ0n) is 13.2. The number of nitrogens with one attached hydrogen (secondary N) is 3. The standard InChI is InChI=1S/C13H26N4O3.BrH/c1-7(2)6-15-12(19)9(4)17-13(20)10(5)16-11(18)8(3)14;/h7-10H,6,14H2,1-5H3,(H,15,19)(H,16,18)(H,17,20);1H/t8-,9-,10-;/m0./s1. The molecule has 0 fully saturated rings. The molecule has 0 aliphatic rings. The van der Waals surface area contributed by atoms with Crippen LogP contribution in [0.25, 0.3) is 0 Å². The SMILES string of the molecule is Br.CC(C)CNC(=O)[C@H](C)NC(=O)[C@H](C)NC(=O)[C@H](C)N. The maximum Gasteiger partial charge on any atom is 0.242 e. The van der Waals surface area contributed by atoms with Gasteiger partial charge in [0.15, 0.2) is 0 Å². The average molecular weight is 367 g/mol. The van der Waals surface area contributed by atoms with Crippen LogP contribution >= 0.6 is 17.0 Å². The first-order valence-electron chi connectivity index (χ1n) is 6.79. The summed E-state index contributed by atoms with van der Waals surface area (Å²) in [4.78, 5) is 34.9. The Kier molecular flexibility index (Phi) is 11.1. The van der Waals surface area contributed by atoms with E-state index in [0.29, 0.717) is 12.5 Å². The summed E-state index contributed by atoms with van der Waals surface area (Å²) in [6.07, 6.45) is 0. The van der Waals surface area contributed by atoms with E-state index in [2.05, 4.69) is 16.0 Å². The van der Waals surface area contributed by atoms with Gasteiger partial charge in [-0.05, 0) is 26.7 Å². The summed E-state index contributed by atoms with van der Waals surface area (Å²) in [7, 11) is 0. The van der Waals surface area contributed by atoms with Gasteiger partial charge in [0.2, 0.25) is 17.7 Å². The summed E-state index contributed by atoms with van der Waals surface area (Å²) in [5.74, 6) is -0.750. The third kappa shape index (κ3) is 9.41. The van der Waals surface area contributed by atoms with E-state index in [0.717, 1.165) is 0 Å². The highest BCUT2D eigenvalue weighted by atomic mass is 79.9. The van der Waals surface area contributed by atoms with Gasteiger partial charge in [-0.25, -0.2) is 0 Å². The van der Waals surface area contributed by atoms with Gasteiger partial charge in [0.25, 0.3) is 0 Å². The van der Waals surface area contributed by atoms with E-state index in [1.807, 2.05) is 13.8 Å². The second-order valence-electron chi connectivity index (χ2n) is 5.39. The predicted octanol–water partition coefficient (Wildman–Crippen LogP) is -0.307. The Hall–Kier alpha value is -1.15. The Morgan fingerprint density at radius 3 is 1.71 bits per heavy atom. The highest BCUT2D eigenvalue weighted by Crippen LogP contribution is 1.91. The second-order valence-corrected chi connectivity index (χ2v) is 5.39. The lowest BCUT2D eigenvalue weighted by Gasteiger charge is -2.19. The van der Waals surface area contributed by atoms with Gasteiger partial charge in [-0.3, -0.25) is 14.4 Å². The van der Waals surface area contributed by atoms with Crippen molar-refractivity contribution in [2.24, 2.45) is 11.7 Å².